The fourth-order valence-corrected chi connectivity index (χ4v) is 4.43. The molecule has 0 atom stereocenters. The Labute approximate surface area is 156 Å². The van der Waals surface area contributed by atoms with E-state index < -0.39 is 9.84 Å². The molecule has 0 spiro atoms. The average molecular weight is 377 g/mol. The number of aryl methyl sites for hydroxylation is 1. The van der Waals surface area contributed by atoms with Crippen molar-refractivity contribution in [2.24, 2.45) is 0 Å². The Morgan fingerprint density at radius 2 is 1.69 bits per heavy atom. The zero-order valence-corrected chi connectivity index (χ0v) is 16.9. The zero-order valence-electron chi connectivity index (χ0n) is 16.1. The average Bonchev–Trinajstić information content (AvgIpc) is 3.09. The molecule has 26 heavy (non-hydrogen) atoms. The van der Waals surface area contributed by atoms with Gasteiger partial charge in [-0.15, -0.1) is 0 Å². The lowest BCUT2D eigenvalue weighted by molar-refractivity contribution is 0.386. The Kier molecular flexibility index (Phi) is 5.15. The van der Waals surface area contributed by atoms with Crippen LogP contribution in [-0.4, -0.2) is 26.5 Å². The van der Waals surface area contributed by atoms with Crippen molar-refractivity contribution in [3.63, 3.8) is 0 Å². The van der Waals surface area contributed by atoms with E-state index >= 15 is 0 Å². The minimum absolute atomic E-state index is 0.0496. The Balaban J connectivity index is 2.10. The number of piperidine rings is 1. The van der Waals surface area contributed by atoms with Crippen LogP contribution in [0.5, 0.6) is 0 Å². The standard InChI is InChI=1S/C20H28N2O3S/c1-5-15-9-11-16(12-10-15)26(23,24)17-18(22-13-7-6-8-14-22)25-19(21-17)20(2,3)4/h9-12H,5-8,13-14H2,1-4H3. The van der Waals surface area contributed by atoms with Gasteiger partial charge < -0.3 is 9.32 Å². The monoisotopic (exact) mass is 376 g/mol. The Morgan fingerprint density at radius 1 is 1.08 bits per heavy atom. The van der Waals surface area contributed by atoms with Gasteiger partial charge in [0.25, 0.3) is 0 Å². The lowest BCUT2D eigenvalue weighted by Crippen LogP contribution is -2.30. The van der Waals surface area contributed by atoms with Crippen LogP contribution in [0.15, 0.2) is 38.6 Å². The van der Waals surface area contributed by atoms with E-state index in [9.17, 15) is 8.42 Å². The smallest absolute Gasteiger partial charge is 0.236 e. The van der Waals surface area contributed by atoms with Crippen LogP contribution in [0.1, 0.15) is 58.4 Å². The van der Waals surface area contributed by atoms with Crippen molar-refractivity contribution in [3.05, 3.63) is 35.7 Å². The molecule has 1 aliphatic heterocycles. The highest BCUT2D eigenvalue weighted by Gasteiger charge is 2.34. The molecule has 0 saturated carbocycles. The van der Waals surface area contributed by atoms with Crippen molar-refractivity contribution >= 4 is 15.7 Å². The second-order valence-electron chi connectivity index (χ2n) is 7.93. The van der Waals surface area contributed by atoms with Crippen molar-refractivity contribution in [3.8, 4) is 0 Å². The van der Waals surface area contributed by atoms with Crippen molar-refractivity contribution in [1.82, 2.24) is 4.98 Å². The number of hydrogen-bond acceptors (Lipinski definition) is 5. The summed E-state index contributed by atoms with van der Waals surface area (Å²) < 4.78 is 32.6. The highest BCUT2D eigenvalue weighted by Crippen LogP contribution is 2.36. The van der Waals surface area contributed by atoms with E-state index in [1.54, 1.807) is 12.1 Å². The third-order valence-corrected chi connectivity index (χ3v) is 6.43. The van der Waals surface area contributed by atoms with Gasteiger partial charge in [0.15, 0.2) is 0 Å². The summed E-state index contributed by atoms with van der Waals surface area (Å²) in [7, 11) is -3.73. The van der Waals surface area contributed by atoms with Gasteiger partial charge >= 0.3 is 0 Å². The van der Waals surface area contributed by atoms with Crippen LogP contribution in [0.4, 0.5) is 5.88 Å². The summed E-state index contributed by atoms with van der Waals surface area (Å²) in [5.74, 6) is 0.857. The fourth-order valence-electron chi connectivity index (χ4n) is 3.11. The molecule has 1 saturated heterocycles. The Morgan fingerprint density at radius 3 is 2.23 bits per heavy atom. The summed E-state index contributed by atoms with van der Waals surface area (Å²) in [5.41, 5.74) is 0.750. The molecular weight excluding hydrogens is 348 g/mol. The Hall–Kier alpha value is -1.82. The fraction of sp³-hybridized carbons (Fsp3) is 0.550. The van der Waals surface area contributed by atoms with Gasteiger partial charge in [-0.25, -0.2) is 8.42 Å². The predicted octanol–water partition coefficient (Wildman–Crippen LogP) is 4.36. The van der Waals surface area contributed by atoms with E-state index in [-0.39, 0.29) is 15.3 Å². The molecule has 1 aromatic heterocycles. The second kappa shape index (κ2) is 7.06. The van der Waals surface area contributed by atoms with Gasteiger partial charge in [-0.2, -0.15) is 4.98 Å². The normalized spacial score (nSPS) is 16.1. The van der Waals surface area contributed by atoms with Gasteiger partial charge in [0.2, 0.25) is 26.6 Å². The van der Waals surface area contributed by atoms with Crippen molar-refractivity contribution in [2.75, 3.05) is 18.0 Å². The predicted molar refractivity (Wildman–Crippen MR) is 103 cm³/mol. The molecule has 2 heterocycles. The molecule has 142 valence electrons. The summed E-state index contributed by atoms with van der Waals surface area (Å²) >= 11 is 0. The first kappa shape index (κ1) is 19.0. The van der Waals surface area contributed by atoms with Crippen molar-refractivity contribution in [1.29, 1.82) is 0 Å². The maximum absolute atomic E-state index is 13.3. The first-order valence-corrected chi connectivity index (χ1v) is 10.8. The van der Waals surface area contributed by atoms with E-state index in [4.69, 9.17) is 4.42 Å². The number of anilines is 1. The van der Waals surface area contributed by atoms with E-state index in [2.05, 4.69) is 4.98 Å². The summed E-state index contributed by atoms with van der Waals surface area (Å²) in [6.45, 7) is 9.58. The van der Waals surface area contributed by atoms with Crippen LogP contribution in [0.3, 0.4) is 0 Å². The molecule has 1 aliphatic rings. The van der Waals surface area contributed by atoms with Crippen LogP contribution in [0.2, 0.25) is 0 Å². The van der Waals surface area contributed by atoms with Gasteiger partial charge in [0.1, 0.15) is 0 Å². The van der Waals surface area contributed by atoms with Crippen LogP contribution in [0, 0.1) is 0 Å². The third kappa shape index (κ3) is 3.65. The quantitative estimate of drug-likeness (QED) is 0.793. The lowest BCUT2D eigenvalue weighted by Gasteiger charge is -2.26. The van der Waals surface area contributed by atoms with Gasteiger partial charge in [-0.3, -0.25) is 0 Å². The maximum atomic E-state index is 13.3. The van der Waals surface area contributed by atoms with Crippen molar-refractivity contribution < 1.29 is 12.8 Å². The SMILES string of the molecule is CCc1ccc(S(=O)(=O)c2nc(C(C)(C)C)oc2N2CCCCC2)cc1. The van der Waals surface area contributed by atoms with Crippen LogP contribution >= 0.6 is 0 Å². The lowest BCUT2D eigenvalue weighted by atomic mass is 9.97. The molecule has 2 aromatic rings. The summed E-state index contributed by atoms with van der Waals surface area (Å²) in [5, 5.41) is 0.0496. The van der Waals surface area contributed by atoms with Crippen LogP contribution in [0.25, 0.3) is 0 Å². The molecule has 6 heteroatoms. The number of oxazole rings is 1. The number of nitrogens with zero attached hydrogens (tertiary/aromatic N) is 2. The molecule has 5 nitrogen and oxygen atoms in total. The second-order valence-corrected chi connectivity index (χ2v) is 9.79. The molecule has 0 N–H and O–H groups in total. The third-order valence-electron chi connectivity index (χ3n) is 4.76. The molecule has 3 rings (SSSR count). The highest BCUT2D eigenvalue weighted by molar-refractivity contribution is 7.91. The summed E-state index contributed by atoms with van der Waals surface area (Å²) in [6, 6.07) is 7.05. The minimum Gasteiger partial charge on any atom is -0.423 e. The molecule has 0 radical (unpaired) electrons. The van der Waals surface area contributed by atoms with E-state index in [0.717, 1.165) is 44.3 Å². The van der Waals surface area contributed by atoms with E-state index in [1.807, 2.05) is 44.7 Å². The molecule has 0 bridgehead atoms. The van der Waals surface area contributed by atoms with Gasteiger partial charge in [0.05, 0.1) is 4.90 Å². The van der Waals surface area contributed by atoms with Gasteiger partial charge in [-0.05, 0) is 43.4 Å². The topological polar surface area (TPSA) is 63.4 Å². The number of aromatic nitrogens is 1. The number of hydrogen-bond donors (Lipinski definition) is 0. The van der Waals surface area contributed by atoms with Gasteiger partial charge in [-0.1, -0.05) is 39.8 Å². The molecular formula is C20H28N2O3S. The van der Waals surface area contributed by atoms with Crippen molar-refractivity contribution in [2.45, 2.75) is 68.7 Å². The largest absolute Gasteiger partial charge is 0.423 e. The number of benzene rings is 1. The van der Waals surface area contributed by atoms with E-state index in [0.29, 0.717) is 11.8 Å². The molecule has 1 aromatic carbocycles. The number of rotatable bonds is 4. The number of sulfone groups is 1. The molecule has 0 unspecified atom stereocenters. The van der Waals surface area contributed by atoms with Gasteiger partial charge in [0, 0.05) is 18.5 Å². The van der Waals surface area contributed by atoms with Crippen LogP contribution < -0.4 is 4.90 Å². The van der Waals surface area contributed by atoms with Crippen LogP contribution in [-0.2, 0) is 21.7 Å². The molecule has 0 amide bonds. The van der Waals surface area contributed by atoms with E-state index in [1.165, 1.54) is 0 Å². The summed E-state index contributed by atoms with van der Waals surface area (Å²) in [6.07, 6.45) is 4.11. The molecule has 0 aliphatic carbocycles. The first-order valence-electron chi connectivity index (χ1n) is 9.34. The maximum Gasteiger partial charge on any atom is 0.236 e. The summed E-state index contributed by atoms with van der Waals surface area (Å²) in [4.78, 5) is 6.74. The highest BCUT2D eigenvalue weighted by atomic mass is 32.2. The zero-order chi connectivity index (χ0) is 18.9. The first-order chi connectivity index (χ1) is 12.2. The minimum atomic E-state index is -3.73. The Bertz CT molecular complexity index is 855. The molecule has 1 fully saturated rings.